The van der Waals surface area contributed by atoms with Gasteiger partial charge in [0.25, 0.3) is 0 Å². The Morgan fingerprint density at radius 3 is 1.89 bits per heavy atom. The average Bonchev–Trinajstić information content (AvgIpc) is 3.10. The van der Waals surface area contributed by atoms with E-state index in [9.17, 15) is 14.4 Å². The molecule has 1 aliphatic carbocycles. The van der Waals surface area contributed by atoms with Crippen LogP contribution in [0.4, 0.5) is 4.79 Å². The van der Waals surface area contributed by atoms with Crippen LogP contribution in [-0.2, 0) is 14.3 Å². The zero-order valence-corrected chi connectivity index (χ0v) is 21.1. The Morgan fingerprint density at radius 2 is 1.40 bits per heavy atom. The summed E-state index contributed by atoms with van der Waals surface area (Å²) in [5.74, 6) is -1.92. The van der Waals surface area contributed by atoms with Crippen LogP contribution in [0.3, 0.4) is 0 Å². The lowest BCUT2D eigenvalue weighted by molar-refractivity contribution is -0.138. The van der Waals surface area contributed by atoms with E-state index in [1.54, 1.807) is 6.92 Å². The van der Waals surface area contributed by atoms with Crippen LogP contribution in [0.5, 0.6) is 0 Å². The van der Waals surface area contributed by atoms with Crippen LogP contribution in [0.2, 0.25) is 0 Å². The summed E-state index contributed by atoms with van der Waals surface area (Å²) in [4.78, 5) is 37.0. The zero-order valence-electron chi connectivity index (χ0n) is 21.1. The molecule has 0 radical (unpaired) electrons. The molecule has 7 nitrogen and oxygen atoms in total. The molecule has 3 rings (SSSR count). The molecule has 3 atom stereocenters. The van der Waals surface area contributed by atoms with Gasteiger partial charge in [0.2, 0.25) is 5.91 Å². The third-order valence-corrected chi connectivity index (χ3v) is 6.78. The Balaban J connectivity index is 1.63. The number of fused-ring (bicyclic) bond motifs is 3. The maximum absolute atomic E-state index is 13.0. The number of aliphatic carboxylic acids is 1. The lowest BCUT2D eigenvalue weighted by Gasteiger charge is -2.30. The number of alkyl carbamates (subject to hydrolysis) is 1. The Labute approximate surface area is 207 Å². The molecule has 2 aromatic rings. The molecular weight excluding hydrogens is 444 g/mol. The van der Waals surface area contributed by atoms with Crippen molar-refractivity contribution in [2.24, 2.45) is 17.8 Å². The van der Waals surface area contributed by atoms with E-state index in [-0.39, 0.29) is 36.7 Å². The highest BCUT2D eigenvalue weighted by atomic mass is 16.5. The summed E-state index contributed by atoms with van der Waals surface area (Å²) < 4.78 is 5.63. The molecule has 0 heterocycles. The molecule has 2 amide bonds. The van der Waals surface area contributed by atoms with Crippen LogP contribution in [0.1, 0.15) is 58.1 Å². The van der Waals surface area contributed by atoms with E-state index in [2.05, 4.69) is 34.9 Å². The van der Waals surface area contributed by atoms with Gasteiger partial charge < -0.3 is 20.5 Å². The lowest BCUT2D eigenvalue weighted by atomic mass is 9.87. The van der Waals surface area contributed by atoms with Gasteiger partial charge in [0.15, 0.2) is 0 Å². The normalized spacial score (nSPS) is 15.2. The predicted molar refractivity (Wildman–Crippen MR) is 135 cm³/mol. The quantitative estimate of drug-likeness (QED) is 0.453. The fourth-order valence-electron chi connectivity index (χ4n) is 4.94. The Kier molecular flexibility index (Phi) is 8.54. The Morgan fingerprint density at radius 1 is 0.857 bits per heavy atom. The standard InChI is InChI=1S/C28H36N2O5/c1-16(2)24(14-25(31)32)30-27(33)26(17(3)4)18(5)29-28(34)35-15-23-21-12-8-6-10-19(21)20-11-7-9-13-22(20)23/h6-13,16-18,23-24,26H,14-15H2,1-5H3,(H,29,34)(H,30,33)(H,31,32). The number of carboxylic acids is 1. The van der Waals surface area contributed by atoms with E-state index in [0.29, 0.717) is 0 Å². The highest BCUT2D eigenvalue weighted by Gasteiger charge is 2.33. The SMILES string of the molecule is CC(C)C(CC(=O)O)NC(=O)C(C(C)C)C(C)NC(=O)OCC1c2ccccc2-c2ccccc21. The fraction of sp³-hybridized carbons (Fsp3) is 0.464. The number of hydrogen-bond acceptors (Lipinski definition) is 4. The van der Waals surface area contributed by atoms with Crippen LogP contribution in [-0.4, -0.2) is 41.8 Å². The van der Waals surface area contributed by atoms with Gasteiger partial charge in [-0.2, -0.15) is 0 Å². The first kappa shape index (κ1) is 26.3. The molecule has 0 fully saturated rings. The Bertz CT molecular complexity index is 1020. The van der Waals surface area contributed by atoms with Crippen LogP contribution in [0.25, 0.3) is 11.1 Å². The van der Waals surface area contributed by atoms with Gasteiger partial charge in [0.05, 0.1) is 12.3 Å². The fourth-order valence-corrected chi connectivity index (χ4v) is 4.94. The highest BCUT2D eigenvalue weighted by Crippen LogP contribution is 2.44. The smallest absolute Gasteiger partial charge is 0.407 e. The second kappa shape index (κ2) is 11.4. The van der Waals surface area contributed by atoms with Crippen molar-refractivity contribution in [1.82, 2.24) is 10.6 Å². The lowest BCUT2D eigenvalue weighted by Crippen LogP contribution is -2.51. The largest absolute Gasteiger partial charge is 0.481 e. The van der Waals surface area contributed by atoms with E-state index in [0.717, 1.165) is 22.3 Å². The van der Waals surface area contributed by atoms with Crippen molar-refractivity contribution in [3.63, 3.8) is 0 Å². The van der Waals surface area contributed by atoms with Gasteiger partial charge in [0.1, 0.15) is 6.61 Å². The summed E-state index contributed by atoms with van der Waals surface area (Å²) in [5, 5.41) is 14.9. The van der Waals surface area contributed by atoms with Gasteiger partial charge in [-0.25, -0.2) is 4.79 Å². The molecule has 1 aliphatic rings. The van der Waals surface area contributed by atoms with Crippen molar-refractivity contribution in [3.05, 3.63) is 59.7 Å². The van der Waals surface area contributed by atoms with Gasteiger partial charge in [0, 0.05) is 18.0 Å². The number of hydrogen-bond donors (Lipinski definition) is 3. The van der Waals surface area contributed by atoms with Crippen LogP contribution < -0.4 is 10.6 Å². The number of amides is 2. The first-order chi connectivity index (χ1) is 16.6. The molecule has 0 saturated carbocycles. The summed E-state index contributed by atoms with van der Waals surface area (Å²) in [5.41, 5.74) is 4.57. The van der Waals surface area contributed by atoms with Gasteiger partial charge in [-0.1, -0.05) is 76.2 Å². The Hall–Kier alpha value is -3.35. The van der Waals surface area contributed by atoms with Crippen molar-refractivity contribution in [2.75, 3.05) is 6.61 Å². The van der Waals surface area contributed by atoms with Crippen LogP contribution >= 0.6 is 0 Å². The molecule has 0 saturated heterocycles. The van der Waals surface area contributed by atoms with Gasteiger partial charge in [-0.15, -0.1) is 0 Å². The molecule has 35 heavy (non-hydrogen) atoms. The number of carbonyl (C=O) groups is 3. The summed E-state index contributed by atoms with van der Waals surface area (Å²) in [6, 6.07) is 15.3. The van der Waals surface area contributed by atoms with Crippen molar-refractivity contribution >= 4 is 18.0 Å². The molecule has 3 N–H and O–H groups in total. The molecule has 0 aromatic heterocycles. The number of rotatable bonds is 10. The molecule has 3 unspecified atom stereocenters. The minimum Gasteiger partial charge on any atom is -0.481 e. The molecule has 0 bridgehead atoms. The van der Waals surface area contributed by atoms with Crippen molar-refractivity contribution in [3.8, 4) is 11.1 Å². The second-order valence-electron chi connectivity index (χ2n) is 9.99. The maximum Gasteiger partial charge on any atom is 0.407 e. The van der Waals surface area contributed by atoms with Crippen molar-refractivity contribution in [1.29, 1.82) is 0 Å². The van der Waals surface area contributed by atoms with E-state index < -0.39 is 30.1 Å². The van der Waals surface area contributed by atoms with Crippen LogP contribution in [0.15, 0.2) is 48.5 Å². The van der Waals surface area contributed by atoms with E-state index >= 15 is 0 Å². The number of carboxylic acid groups (broad SMARTS) is 1. The molecule has 7 heteroatoms. The van der Waals surface area contributed by atoms with Gasteiger partial charge >= 0.3 is 12.1 Å². The number of carbonyl (C=O) groups excluding carboxylic acids is 2. The molecule has 188 valence electrons. The third-order valence-electron chi connectivity index (χ3n) is 6.78. The average molecular weight is 481 g/mol. The molecule has 0 spiro atoms. The van der Waals surface area contributed by atoms with Crippen molar-refractivity contribution in [2.45, 2.75) is 59.0 Å². The molecular formula is C28H36N2O5. The summed E-state index contributed by atoms with van der Waals surface area (Å²) in [7, 11) is 0. The topological polar surface area (TPSA) is 105 Å². The molecule has 2 aromatic carbocycles. The maximum atomic E-state index is 13.0. The first-order valence-corrected chi connectivity index (χ1v) is 12.2. The zero-order chi connectivity index (χ0) is 25.7. The molecule has 0 aliphatic heterocycles. The van der Waals surface area contributed by atoms with E-state index in [1.165, 1.54) is 0 Å². The summed E-state index contributed by atoms with van der Waals surface area (Å²) in [6.07, 6.45) is -0.730. The second-order valence-corrected chi connectivity index (χ2v) is 9.99. The summed E-state index contributed by atoms with van der Waals surface area (Å²) in [6.45, 7) is 9.52. The number of benzene rings is 2. The van der Waals surface area contributed by atoms with Crippen molar-refractivity contribution < 1.29 is 24.2 Å². The minimum atomic E-state index is -0.963. The summed E-state index contributed by atoms with van der Waals surface area (Å²) >= 11 is 0. The number of nitrogens with one attached hydrogen (secondary N) is 2. The predicted octanol–water partition coefficient (Wildman–Crippen LogP) is 4.80. The minimum absolute atomic E-state index is 0.0340. The third kappa shape index (κ3) is 6.21. The van der Waals surface area contributed by atoms with E-state index in [1.807, 2.05) is 52.0 Å². The monoisotopic (exact) mass is 480 g/mol. The first-order valence-electron chi connectivity index (χ1n) is 12.2. The van der Waals surface area contributed by atoms with Gasteiger partial charge in [-0.3, -0.25) is 9.59 Å². The van der Waals surface area contributed by atoms with Crippen LogP contribution in [0, 0.1) is 17.8 Å². The number of ether oxygens (including phenoxy) is 1. The van der Waals surface area contributed by atoms with Gasteiger partial charge in [-0.05, 0) is 41.0 Å². The van der Waals surface area contributed by atoms with E-state index in [4.69, 9.17) is 9.84 Å². The highest BCUT2D eigenvalue weighted by molar-refractivity contribution is 5.82.